The molecule has 2 aliphatic rings. The summed E-state index contributed by atoms with van der Waals surface area (Å²) in [5, 5.41) is 3.20. The van der Waals surface area contributed by atoms with Crippen molar-refractivity contribution >= 4 is 11.9 Å². The third-order valence-electron chi connectivity index (χ3n) is 6.86. The monoisotopic (exact) mass is 467 g/mol. The molecule has 182 valence electrons. The molecule has 7 heteroatoms. The van der Waals surface area contributed by atoms with Gasteiger partial charge in [0.2, 0.25) is 5.91 Å². The van der Waals surface area contributed by atoms with E-state index in [2.05, 4.69) is 5.32 Å². The Labute approximate surface area is 200 Å². The van der Waals surface area contributed by atoms with Crippen LogP contribution in [0.4, 0.5) is 0 Å². The molecular formula is C27H33NO6. The number of rotatable bonds is 8. The Morgan fingerprint density at radius 2 is 1.85 bits per heavy atom. The minimum atomic E-state index is -0.686. The Hall–Kier alpha value is -2.90. The molecule has 0 saturated carbocycles. The summed E-state index contributed by atoms with van der Waals surface area (Å²) < 4.78 is 21.9. The number of hydrogen-bond acceptors (Lipinski definition) is 6. The molecule has 0 aromatic heterocycles. The second-order valence-corrected chi connectivity index (χ2v) is 9.07. The van der Waals surface area contributed by atoms with E-state index in [1.807, 2.05) is 43.3 Å². The standard InChI is InChI=1S/C27H33NO6/c1-19(21-6-8-22(9-7-21)25(29)31-2)28-26(30)27(11-14-32-15-12-27)23-4-3-5-24(16-23)34-18-20-10-13-33-17-20/h3-9,16,19-20H,10-15,17-18H2,1-2H3,(H,28,30)/t19-,20-/m0/s1. The molecule has 0 bridgehead atoms. The lowest BCUT2D eigenvalue weighted by atomic mass is 9.73. The summed E-state index contributed by atoms with van der Waals surface area (Å²) in [7, 11) is 1.36. The molecule has 2 aromatic rings. The molecule has 2 heterocycles. The maximum Gasteiger partial charge on any atom is 0.337 e. The maximum absolute atomic E-state index is 13.7. The molecule has 0 spiro atoms. The van der Waals surface area contributed by atoms with E-state index in [-0.39, 0.29) is 17.9 Å². The molecule has 34 heavy (non-hydrogen) atoms. The van der Waals surface area contributed by atoms with Crippen molar-refractivity contribution in [3.63, 3.8) is 0 Å². The third-order valence-corrected chi connectivity index (χ3v) is 6.86. The number of carbonyl (C=O) groups excluding carboxylic acids is 2. The number of carbonyl (C=O) groups is 2. The van der Waals surface area contributed by atoms with Gasteiger partial charge >= 0.3 is 5.97 Å². The van der Waals surface area contributed by atoms with Crippen LogP contribution in [0.5, 0.6) is 5.75 Å². The zero-order valence-electron chi connectivity index (χ0n) is 19.9. The highest BCUT2D eigenvalue weighted by atomic mass is 16.5. The largest absolute Gasteiger partial charge is 0.493 e. The predicted molar refractivity (Wildman–Crippen MR) is 127 cm³/mol. The van der Waals surface area contributed by atoms with Crippen molar-refractivity contribution < 1.29 is 28.5 Å². The fraction of sp³-hybridized carbons (Fsp3) is 0.481. The molecule has 2 atom stereocenters. The van der Waals surface area contributed by atoms with Crippen molar-refractivity contribution in [2.45, 2.75) is 37.6 Å². The number of benzene rings is 2. The number of amides is 1. The highest BCUT2D eigenvalue weighted by molar-refractivity contribution is 5.90. The van der Waals surface area contributed by atoms with Crippen LogP contribution >= 0.6 is 0 Å². The van der Waals surface area contributed by atoms with Crippen LogP contribution < -0.4 is 10.1 Å². The summed E-state index contributed by atoms with van der Waals surface area (Å²) in [5.74, 6) is 0.776. The number of nitrogens with one attached hydrogen (secondary N) is 1. The summed E-state index contributed by atoms with van der Waals surface area (Å²) in [6, 6.07) is 14.8. The second kappa shape index (κ2) is 11.0. The Morgan fingerprint density at radius 1 is 1.09 bits per heavy atom. The van der Waals surface area contributed by atoms with Crippen molar-refractivity contribution in [3.05, 3.63) is 65.2 Å². The van der Waals surface area contributed by atoms with Gasteiger partial charge in [0.05, 0.1) is 37.3 Å². The van der Waals surface area contributed by atoms with Crippen LogP contribution in [0.1, 0.15) is 53.7 Å². The van der Waals surface area contributed by atoms with E-state index in [4.69, 9.17) is 18.9 Å². The normalized spacial score (nSPS) is 20.4. The second-order valence-electron chi connectivity index (χ2n) is 9.07. The molecular weight excluding hydrogens is 434 g/mol. The molecule has 0 unspecified atom stereocenters. The number of ether oxygens (including phenoxy) is 4. The number of methoxy groups -OCH3 is 1. The Kier molecular flexibility index (Phi) is 7.85. The fourth-order valence-corrected chi connectivity index (χ4v) is 4.62. The average molecular weight is 468 g/mol. The van der Waals surface area contributed by atoms with Crippen LogP contribution in [0, 0.1) is 5.92 Å². The Morgan fingerprint density at radius 3 is 2.53 bits per heavy atom. The van der Waals surface area contributed by atoms with E-state index < -0.39 is 5.41 Å². The molecule has 1 N–H and O–H groups in total. The number of hydrogen-bond donors (Lipinski definition) is 1. The van der Waals surface area contributed by atoms with Gasteiger partial charge in [-0.25, -0.2) is 4.79 Å². The van der Waals surface area contributed by atoms with Crippen molar-refractivity contribution in [2.24, 2.45) is 5.92 Å². The fourth-order valence-electron chi connectivity index (χ4n) is 4.62. The highest BCUT2D eigenvalue weighted by Gasteiger charge is 2.42. The molecule has 1 amide bonds. The third kappa shape index (κ3) is 5.42. The van der Waals surface area contributed by atoms with Crippen LogP contribution in [0.25, 0.3) is 0 Å². The zero-order chi connectivity index (χ0) is 24.0. The molecule has 2 aromatic carbocycles. The maximum atomic E-state index is 13.7. The predicted octanol–water partition coefficient (Wildman–Crippen LogP) is 3.81. The van der Waals surface area contributed by atoms with Gasteiger partial charge in [-0.1, -0.05) is 24.3 Å². The molecule has 2 fully saturated rings. The van der Waals surface area contributed by atoms with Crippen molar-refractivity contribution in [1.29, 1.82) is 0 Å². The summed E-state index contributed by atoms with van der Waals surface area (Å²) in [4.78, 5) is 25.4. The minimum absolute atomic E-state index is 0.0262. The van der Waals surface area contributed by atoms with Gasteiger partial charge in [0.1, 0.15) is 5.75 Å². The van der Waals surface area contributed by atoms with Crippen LogP contribution in [-0.2, 0) is 24.4 Å². The lowest BCUT2D eigenvalue weighted by Crippen LogP contribution is -2.48. The smallest absolute Gasteiger partial charge is 0.337 e. The van der Waals surface area contributed by atoms with Crippen LogP contribution in [-0.4, -0.2) is 52.0 Å². The molecule has 0 radical (unpaired) electrons. The first-order valence-corrected chi connectivity index (χ1v) is 11.9. The molecule has 2 aliphatic heterocycles. The first kappa shape index (κ1) is 24.2. The highest BCUT2D eigenvalue weighted by Crippen LogP contribution is 2.37. The van der Waals surface area contributed by atoms with Gasteiger partial charge in [-0.15, -0.1) is 0 Å². The Bertz CT molecular complexity index is 977. The molecule has 7 nitrogen and oxygen atoms in total. The first-order valence-electron chi connectivity index (χ1n) is 11.9. The quantitative estimate of drug-likeness (QED) is 0.595. The minimum Gasteiger partial charge on any atom is -0.493 e. The van der Waals surface area contributed by atoms with Gasteiger partial charge < -0.3 is 24.3 Å². The summed E-state index contributed by atoms with van der Waals surface area (Å²) >= 11 is 0. The Balaban J connectivity index is 1.49. The van der Waals surface area contributed by atoms with Crippen molar-refractivity contribution in [2.75, 3.05) is 40.1 Å². The van der Waals surface area contributed by atoms with Crippen molar-refractivity contribution in [3.8, 4) is 5.75 Å². The first-order chi connectivity index (χ1) is 16.5. The van der Waals surface area contributed by atoms with Gasteiger partial charge in [-0.2, -0.15) is 0 Å². The topological polar surface area (TPSA) is 83.1 Å². The van der Waals surface area contributed by atoms with Gasteiger partial charge in [0, 0.05) is 25.7 Å². The SMILES string of the molecule is COC(=O)c1ccc([C@H](C)NC(=O)C2(c3cccc(OC[C@H]4CCOC4)c3)CCOCC2)cc1. The molecule has 4 rings (SSSR count). The average Bonchev–Trinajstić information content (AvgIpc) is 3.41. The lowest BCUT2D eigenvalue weighted by molar-refractivity contribution is -0.131. The van der Waals surface area contributed by atoms with E-state index in [9.17, 15) is 9.59 Å². The van der Waals surface area contributed by atoms with E-state index in [0.717, 1.165) is 36.5 Å². The van der Waals surface area contributed by atoms with E-state index in [1.54, 1.807) is 12.1 Å². The molecule has 2 saturated heterocycles. The van der Waals surface area contributed by atoms with E-state index in [1.165, 1.54) is 7.11 Å². The van der Waals surface area contributed by atoms with Gasteiger partial charge in [-0.3, -0.25) is 4.79 Å². The van der Waals surface area contributed by atoms with Crippen LogP contribution in [0.2, 0.25) is 0 Å². The number of esters is 1. The summed E-state index contributed by atoms with van der Waals surface area (Å²) in [5.41, 5.74) is 1.65. The summed E-state index contributed by atoms with van der Waals surface area (Å²) in [6.45, 7) is 5.15. The van der Waals surface area contributed by atoms with E-state index in [0.29, 0.717) is 44.1 Å². The van der Waals surface area contributed by atoms with Gasteiger partial charge in [0.15, 0.2) is 0 Å². The lowest BCUT2D eigenvalue weighted by Gasteiger charge is -2.37. The summed E-state index contributed by atoms with van der Waals surface area (Å²) in [6.07, 6.45) is 2.22. The zero-order valence-corrected chi connectivity index (χ0v) is 19.9. The van der Waals surface area contributed by atoms with Crippen LogP contribution in [0.15, 0.2) is 48.5 Å². The van der Waals surface area contributed by atoms with Crippen molar-refractivity contribution in [1.82, 2.24) is 5.32 Å². The van der Waals surface area contributed by atoms with Gasteiger partial charge in [0.25, 0.3) is 0 Å². The van der Waals surface area contributed by atoms with Gasteiger partial charge in [-0.05, 0) is 61.6 Å². The van der Waals surface area contributed by atoms with Crippen LogP contribution in [0.3, 0.4) is 0 Å². The molecule has 0 aliphatic carbocycles. The van der Waals surface area contributed by atoms with E-state index >= 15 is 0 Å².